The average molecular weight is 340 g/mol. The molecule has 116 valence electrons. The third kappa shape index (κ3) is 3.99. The van der Waals surface area contributed by atoms with Gasteiger partial charge in [-0.1, -0.05) is 29.8 Å². The fraction of sp³-hybridized carbons (Fsp3) is 0.200. The van der Waals surface area contributed by atoms with Crippen LogP contribution in [0, 0.1) is 0 Å². The smallest absolute Gasteiger partial charge is 0.342 e. The molecule has 0 N–H and O–H groups in total. The minimum atomic E-state index is -0.525. The standard InChI is InChI=1S/C15H14ClNO4S/c1-19-8-11(14(18)20-2)13-12(17-15(16)22-13)9-21-10-6-4-3-5-7-10/h3-8H,9H2,1-2H3. The summed E-state index contributed by atoms with van der Waals surface area (Å²) in [4.78, 5) is 16.6. The molecule has 2 rings (SSSR count). The molecule has 0 aliphatic heterocycles. The number of methoxy groups -OCH3 is 2. The van der Waals surface area contributed by atoms with Gasteiger partial charge in [-0.2, -0.15) is 0 Å². The first-order valence-electron chi connectivity index (χ1n) is 6.30. The molecule has 7 heteroatoms. The van der Waals surface area contributed by atoms with Crippen molar-refractivity contribution in [1.82, 2.24) is 4.98 Å². The molecule has 0 saturated heterocycles. The average Bonchev–Trinajstić information content (AvgIpc) is 2.91. The van der Waals surface area contributed by atoms with Crippen LogP contribution in [-0.4, -0.2) is 25.2 Å². The maximum atomic E-state index is 11.9. The third-order valence-electron chi connectivity index (χ3n) is 2.68. The molecular formula is C15H14ClNO4S. The lowest BCUT2D eigenvalue weighted by Gasteiger charge is -2.07. The van der Waals surface area contributed by atoms with Gasteiger partial charge in [0.25, 0.3) is 0 Å². The molecule has 0 bridgehead atoms. The zero-order chi connectivity index (χ0) is 15.9. The topological polar surface area (TPSA) is 57.7 Å². The summed E-state index contributed by atoms with van der Waals surface area (Å²) in [6.07, 6.45) is 1.31. The Morgan fingerprint density at radius 2 is 2.05 bits per heavy atom. The molecule has 0 spiro atoms. The van der Waals surface area contributed by atoms with E-state index in [1.54, 1.807) is 0 Å². The maximum Gasteiger partial charge on any atom is 0.342 e. The first-order chi connectivity index (χ1) is 10.7. The monoisotopic (exact) mass is 339 g/mol. The number of esters is 1. The third-order valence-corrected chi connectivity index (χ3v) is 3.91. The Morgan fingerprint density at radius 3 is 2.68 bits per heavy atom. The summed E-state index contributed by atoms with van der Waals surface area (Å²) in [5, 5.41) is 0. The van der Waals surface area contributed by atoms with Crippen LogP contribution in [0.15, 0.2) is 36.6 Å². The van der Waals surface area contributed by atoms with Gasteiger partial charge < -0.3 is 14.2 Å². The van der Waals surface area contributed by atoms with Crippen molar-refractivity contribution in [2.24, 2.45) is 0 Å². The van der Waals surface area contributed by atoms with E-state index in [-0.39, 0.29) is 12.2 Å². The van der Waals surface area contributed by atoms with Gasteiger partial charge in [0.15, 0.2) is 4.47 Å². The van der Waals surface area contributed by atoms with Crippen molar-refractivity contribution in [1.29, 1.82) is 0 Å². The molecule has 0 amide bonds. The summed E-state index contributed by atoms with van der Waals surface area (Å²) in [5.41, 5.74) is 0.800. The SMILES string of the molecule is COC=C(C(=O)OC)c1sc(Cl)nc1COc1ccccc1. The highest BCUT2D eigenvalue weighted by Gasteiger charge is 2.21. The summed E-state index contributed by atoms with van der Waals surface area (Å²) >= 11 is 7.14. The lowest BCUT2D eigenvalue weighted by Crippen LogP contribution is -2.06. The maximum absolute atomic E-state index is 11.9. The summed E-state index contributed by atoms with van der Waals surface area (Å²) in [7, 11) is 2.75. The summed E-state index contributed by atoms with van der Waals surface area (Å²) in [5.74, 6) is 0.177. The molecule has 1 aromatic carbocycles. The number of aromatic nitrogens is 1. The van der Waals surface area contributed by atoms with Gasteiger partial charge in [-0.25, -0.2) is 9.78 Å². The molecule has 0 aliphatic carbocycles. The lowest BCUT2D eigenvalue weighted by molar-refractivity contribution is -0.133. The van der Waals surface area contributed by atoms with Crippen molar-refractivity contribution in [2.75, 3.05) is 14.2 Å². The summed E-state index contributed by atoms with van der Waals surface area (Å²) in [6, 6.07) is 9.30. The number of nitrogens with zero attached hydrogens (tertiary/aromatic N) is 1. The van der Waals surface area contributed by atoms with Gasteiger partial charge in [-0.3, -0.25) is 0 Å². The molecule has 1 heterocycles. The highest BCUT2D eigenvalue weighted by Crippen LogP contribution is 2.31. The molecule has 1 aromatic heterocycles. The molecule has 22 heavy (non-hydrogen) atoms. The van der Waals surface area contributed by atoms with Crippen LogP contribution in [0.3, 0.4) is 0 Å². The molecule has 2 aromatic rings. The quantitative estimate of drug-likeness (QED) is 0.458. The lowest BCUT2D eigenvalue weighted by atomic mass is 10.2. The second-order valence-corrected chi connectivity index (χ2v) is 5.68. The van der Waals surface area contributed by atoms with Crippen LogP contribution in [0.2, 0.25) is 4.47 Å². The van der Waals surface area contributed by atoms with Crippen LogP contribution in [0.5, 0.6) is 5.75 Å². The zero-order valence-corrected chi connectivity index (χ0v) is 13.6. The highest BCUT2D eigenvalue weighted by molar-refractivity contribution is 7.17. The Morgan fingerprint density at radius 1 is 1.32 bits per heavy atom. The van der Waals surface area contributed by atoms with Crippen LogP contribution in [-0.2, 0) is 20.9 Å². The van der Waals surface area contributed by atoms with E-state index in [1.807, 2.05) is 30.3 Å². The van der Waals surface area contributed by atoms with Gasteiger partial charge in [-0.05, 0) is 12.1 Å². The van der Waals surface area contributed by atoms with Gasteiger partial charge in [0.05, 0.1) is 31.1 Å². The van der Waals surface area contributed by atoms with Crippen molar-refractivity contribution in [3.8, 4) is 5.75 Å². The fourth-order valence-electron chi connectivity index (χ4n) is 1.72. The number of carbonyl (C=O) groups is 1. The normalized spacial score (nSPS) is 11.1. The second kappa shape index (κ2) is 7.82. The number of rotatable bonds is 6. The number of hydrogen-bond acceptors (Lipinski definition) is 6. The van der Waals surface area contributed by atoms with E-state index in [9.17, 15) is 4.79 Å². The Balaban J connectivity index is 2.25. The van der Waals surface area contributed by atoms with Crippen LogP contribution in [0.25, 0.3) is 5.57 Å². The first-order valence-corrected chi connectivity index (χ1v) is 7.50. The van der Waals surface area contributed by atoms with Crippen LogP contribution < -0.4 is 4.74 Å². The van der Waals surface area contributed by atoms with Crippen molar-refractivity contribution < 1.29 is 19.0 Å². The van der Waals surface area contributed by atoms with E-state index in [0.717, 1.165) is 0 Å². The molecule has 0 saturated carbocycles. The molecule has 0 radical (unpaired) electrons. The number of carbonyl (C=O) groups excluding carboxylic acids is 1. The van der Waals surface area contributed by atoms with Crippen molar-refractivity contribution in [2.45, 2.75) is 6.61 Å². The number of ether oxygens (including phenoxy) is 3. The number of hydrogen-bond donors (Lipinski definition) is 0. The molecule has 0 atom stereocenters. The first kappa shape index (κ1) is 16.3. The predicted octanol–water partition coefficient (Wildman–Crippen LogP) is 3.54. The minimum Gasteiger partial charge on any atom is -0.503 e. The number of benzene rings is 1. The Bertz CT molecular complexity index is 669. The van der Waals surface area contributed by atoms with Crippen molar-refractivity contribution in [3.63, 3.8) is 0 Å². The van der Waals surface area contributed by atoms with Gasteiger partial charge in [-0.15, -0.1) is 11.3 Å². The number of halogens is 1. The molecule has 0 unspecified atom stereocenters. The van der Waals surface area contributed by atoms with E-state index in [4.69, 9.17) is 25.8 Å². The summed E-state index contributed by atoms with van der Waals surface area (Å²) < 4.78 is 15.7. The van der Waals surface area contributed by atoms with Gasteiger partial charge >= 0.3 is 5.97 Å². The van der Waals surface area contributed by atoms with E-state index >= 15 is 0 Å². The summed E-state index contributed by atoms with van der Waals surface area (Å²) in [6.45, 7) is 0.181. The zero-order valence-electron chi connectivity index (χ0n) is 12.0. The Kier molecular flexibility index (Phi) is 5.80. The van der Waals surface area contributed by atoms with Crippen LogP contribution >= 0.6 is 22.9 Å². The van der Waals surface area contributed by atoms with Crippen molar-refractivity contribution >= 4 is 34.5 Å². The predicted molar refractivity (Wildman–Crippen MR) is 84.9 cm³/mol. The molecule has 5 nitrogen and oxygen atoms in total. The number of para-hydroxylation sites is 1. The largest absolute Gasteiger partial charge is 0.503 e. The van der Waals surface area contributed by atoms with E-state index < -0.39 is 5.97 Å². The Labute approximate surface area is 137 Å². The second-order valence-electron chi connectivity index (χ2n) is 4.10. The van der Waals surface area contributed by atoms with Gasteiger partial charge in [0.2, 0.25) is 0 Å². The van der Waals surface area contributed by atoms with E-state index in [2.05, 4.69) is 4.98 Å². The molecular weight excluding hydrogens is 326 g/mol. The van der Waals surface area contributed by atoms with E-state index in [0.29, 0.717) is 20.8 Å². The Hall–Kier alpha value is -2.05. The molecule has 0 aliphatic rings. The van der Waals surface area contributed by atoms with Gasteiger partial charge in [0.1, 0.15) is 17.9 Å². The van der Waals surface area contributed by atoms with Crippen molar-refractivity contribution in [3.05, 3.63) is 51.6 Å². The minimum absolute atomic E-state index is 0.181. The van der Waals surface area contributed by atoms with E-state index in [1.165, 1.54) is 31.8 Å². The van der Waals surface area contributed by atoms with Crippen LogP contribution in [0.1, 0.15) is 10.6 Å². The number of thiazole rings is 1. The van der Waals surface area contributed by atoms with Crippen LogP contribution in [0.4, 0.5) is 0 Å². The van der Waals surface area contributed by atoms with Gasteiger partial charge in [0, 0.05) is 0 Å². The molecule has 0 fully saturated rings. The highest BCUT2D eigenvalue weighted by atomic mass is 35.5. The fourth-order valence-corrected chi connectivity index (χ4v) is 2.84.